The first-order valence-corrected chi connectivity index (χ1v) is 8.42. The van der Waals surface area contributed by atoms with Crippen molar-refractivity contribution < 1.29 is 0 Å². The molecule has 0 aromatic heterocycles. The molecule has 0 heterocycles. The van der Waals surface area contributed by atoms with Crippen molar-refractivity contribution in [3.05, 3.63) is 66.5 Å². The summed E-state index contributed by atoms with van der Waals surface area (Å²) in [6.07, 6.45) is 0.777. The summed E-state index contributed by atoms with van der Waals surface area (Å²) < 4.78 is 1.88. The van der Waals surface area contributed by atoms with Crippen LogP contribution in [0.1, 0.15) is 17.2 Å². The Morgan fingerprint density at radius 1 is 1.15 bits per heavy atom. The molecule has 0 aliphatic carbocycles. The van der Waals surface area contributed by atoms with Gasteiger partial charge in [0.05, 0.1) is 5.02 Å². The molecular weight excluding hydrogens is 425 g/mol. The van der Waals surface area contributed by atoms with E-state index in [0.29, 0.717) is 0 Å². The van der Waals surface area contributed by atoms with Crippen LogP contribution in [0.4, 0.5) is 0 Å². The maximum atomic E-state index is 6.37. The molecule has 0 saturated carbocycles. The van der Waals surface area contributed by atoms with Crippen LogP contribution in [0.25, 0.3) is 0 Å². The summed E-state index contributed by atoms with van der Waals surface area (Å²) in [5.74, 6) is 0. The molecule has 1 N–H and O–H groups in total. The third-order valence-corrected chi connectivity index (χ3v) is 5.30. The van der Waals surface area contributed by atoms with Crippen LogP contribution in [-0.4, -0.2) is 7.05 Å². The first-order valence-electron chi connectivity index (χ1n) is 6.08. The third-order valence-electron chi connectivity index (χ3n) is 3.14. The van der Waals surface area contributed by atoms with Crippen molar-refractivity contribution in [2.24, 2.45) is 0 Å². The van der Waals surface area contributed by atoms with Crippen molar-refractivity contribution in [1.82, 2.24) is 5.32 Å². The molecule has 2 aromatic carbocycles. The fourth-order valence-electron chi connectivity index (χ4n) is 2.06. The van der Waals surface area contributed by atoms with Gasteiger partial charge in [-0.25, -0.2) is 0 Å². The fraction of sp³-hybridized carbons (Fsp3) is 0.200. The summed E-state index contributed by atoms with van der Waals surface area (Å²) in [7, 11) is 1.93. The Morgan fingerprint density at radius 3 is 2.55 bits per heavy atom. The number of hydrogen-bond donors (Lipinski definition) is 1. The fourth-order valence-corrected chi connectivity index (χ4v) is 3.45. The van der Waals surface area contributed by atoms with Gasteiger partial charge in [0.15, 0.2) is 0 Å². The van der Waals surface area contributed by atoms with Gasteiger partial charge in [-0.3, -0.25) is 0 Å². The van der Waals surface area contributed by atoms with E-state index in [1.807, 2.05) is 43.4 Å². The van der Waals surface area contributed by atoms with Crippen LogP contribution in [-0.2, 0) is 6.42 Å². The van der Waals surface area contributed by atoms with E-state index in [-0.39, 0.29) is 6.04 Å². The quantitative estimate of drug-likeness (QED) is 0.616. The maximum absolute atomic E-state index is 6.37. The van der Waals surface area contributed by atoms with E-state index in [0.717, 1.165) is 36.5 Å². The Hall–Kier alpha value is -0.0600. The van der Waals surface area contributed by atoms with Crippen LogP contribution in [0.15, 0.2) is 45.3 Å². The zero-order chi connectivity index (χ0) is 14.7. The molecule has 0 bridgehead atoms. The van der Waals surface area contributed by atoms with Gasteiger partial charge in [0, 0.05) is 20.0 Å². The summed E-state index contributed by atoms with van der Waals surface area (Å²) in [4.78, 5) is 0. The number of halogens is 4. The topological polar surface area (TPSA) is 12.0 Å². The normalized spacial score (nSPS) is 12.4. The number of likely N-dealkylation sites (N-methyl/N-ethyl adjacent to an activating group) is 1. The predicted molar refractivity (Wildman–Crippen MR) is 93.8 cm³/mol. The summed E-state index contributed by atoms with van der Waals surface area (Å²) >= 11 is 19.5. The van der Waals surface area contributed by atoms with Gasteiger partial charge in [-0.15, -0.1) is 0 Å². The lowest BCUT2D eigenvalue weighted by Crippen LogP contribution is -2.19. The van der Waals surface area contributed by atoms with Crippen molar-refractivity contribution in [2.75, 3.05) is 7.05 Å². The number of benzene rings is 2. The van der Waals surface area contributed by atoms with Gasteiger partial charge >= 0.3 is 0 Å². The third kappa shape index (κ3) is 3.77. The second-order valence-electron chi connectivity index (χ2n) is 4.42. The molecule has 0 fully saturated rings. The molecule has 0 saturated heterocycles. The molecular formula is C15H13Br2Cl2N. The average Bonchev–Trinajstić information content (AvgIpc) is 2.42. The van der Waals surface area contributed by atoms with Gasteiger partial charge < -0.3 is 5.32 Å². The van der Waals surface area contributed by atoms with Crippen LogP contribution < -0.4 is 5.32 Å². The summed E-state index contributed by atoms with van der Waals surface area (Å²) in [6.45, 7) is 0. The summed E-state index contributed by atoms with van der Waals surface area (Å²) in [5.41, 5.74) is 2.15. The van der Waals surface area contributed by atoms with E-state index in [2.05, 4.69) is 37.2 Å². The van der Waals surface area contributed by atoms with E-state index in [1.54, 1.807) is 0 Å². The van der Waals surface area contributed by atoms with Crippen LogP contribution in [0.3, 0.4) is 0 Å². The van der Waals surface area contributed by atoms with E-state index in [9.17, 15) is 0 Å². The first-order chi connectivity index (χ1) is 9.52. The smallest absolute Gasteiger partial charge is 0.0595 e. The molecule has 106 valence electrons. The van der Waals surface area contributed by atoms with Gasteiger partial charge in [-0.2, -0.15) is 0 Å². The first kappa shape index (κ1) is 16.3. The molecule has 20 heavy (non-hydrogen) atoms. The molecule has 2 aromatic rings. The minimum absolute atomic E-state index is 0.110. The van der Waals surface area contributed by atoms with Crippen LogP contribution in [0.5, 0.6) is 0 Å². The monoisotopic (exact) mass is 435 g/mol. The maximum Gasteiger partial charge on any atom is 0.0595 e. The minimum Gasteiger partial charge on any atom is -0.313 e. The highest BCUT2D eigenvalue weighted by Gasteiger charge is 2.16. The molecule has 1 unspecified atom stereocenters. The van der Waals surface area contributed by atoms with Crippen LogP contribution in [0.2, 0.25) is 10.0 Å². The number of rotatable bonds is 4. The molecule has 1 atom stereocenters. The van der Waals surface area contributed by atoms with Crippen LogP contribution >= 0.6 is 55.1 Å². The Bertz CT molecular complexity index is 617. The number of hydrogen-bond acceptors (Lipinski definition) is 1. The predicted octanol–water partition coefficient (Wildman–Crippen LogP) is 6.02. The molecule has 1 nitrogen and oxygen atoms in total. The van der Waals surface area contributed by atoms with Crippen molar-refractivity contribution in [1.29, 1.82) is 0 Å². The molecule has 0 radical (unpaired) electrons. The Labute approximate surface area is 145 Å². The zero-order valence-corrected chi connectivity index (χ0v) is 15.4. The molecule has 0 aliphatic heterocycles. The van der Waals surface area contributed by atoms with Gasteiger partial charge in [-0.1, -0.05) is 57.3 Å². The Morgan fingerprint density at radius 2 is 1.90 bits per heavy atom. The lowest BCUT2D eigenvalue weighted by atomic mass is 9.99. The van der Waals surface area contributed by atoms with E-state index >= 15 is 0 Å². The van der Waals surface area contributed by atoms with Gasteiger partial charge in [0.25, 0.3) is 0 Å². The number of nitrogens with one attached hydrogen (secondary N) is 1. The van der Waals surface area contributed by atoms with Crippen molar-refractivity contribution >= 4 is 55.1 Å². The zero-order valence-electron chi connectivity index (χ0n) is 10.8. The highest BCUT2D eigenvalue weighted by molar-refractivity contribution is 9.10. The van der Waals surface area contributed by atoms with Crippen LogP contribution in [0, 0.1) is 0 Å². The molecule has 0 amide bonds. The lowest BCUT2D eigenvalue weighted by Gasteiger charge is -2.19. The van der Waals surface area contributed by atoms with Crippen molar-refractivity contribution in [3.63, 3.8) is 0 Å². The average molecular weight is 438 g/mol. The largest absolute Gasteiger partial charge is 0.313 e. The highest BCUT2D eigenvalue weighted by atomic mass is 79.9. The summed E-state index contributed by atoms with van der Waals surface area (Å²) in [5, 5.41) is 4.79. The van der Waals surface area contributed by atoms with E-state index in [1.165, 1.54) is 0 Å². The second-order valence-corrected chi connectivity index (χ2v) is 6.98. The standard InChI is InChI=1S/C15H13Br2Cl2N/c1-20-14(11-3-2-4-12(17)15(11)19)7-9-5-6-10(16)8-13(9)18/h2-6,8,14,20H,7H2,1H3. The van der Waals surface area contributed by atoms with Gasteiger partial charge in [-0.05, 0) is 58.7 Å². The molecule has 2 rings (SSSR count). The SMILES string of the molecule is CNC(Cc1ccc(Br)cc1Cl)c1cccc(Br)c1Cl. The minimum atomic E-state index is 0.110. The Kier molecular flexibility index (Phi) is 5.94. The molecule has 5 heteroatoms. The van der Waals surface area contributed by atoms with Crippen molar-refractivity contribution in [3.8, 4) is 0 Å². The van der Waals surface area contributed by atoms with Gasteiger partial charge in [0.1, 0.15) is 0 Å². The van der Waals surface area contributed by atoms with Gasteiger partial charge in [0.2, 0.25) is 0 Å². The summed E-state index contributed by atoms with van der Waals surface area (Å²) in [6, 6.07) is 12.0. The molecule has 0 aliphatic rings. The van der Waals surface area contributed by atoms with E-state index < -0.39 is 0 Å². The van der Waals surface area contributed by atoms with Crippen molar-refractivity contribution in [2.45, 2.75) is 12.5 Å². The second kappa shape index (κ2) is 7.28. The molecule has 0 spiro atoms. The highest BCUT2D eigenvalue weighted by Crippen LogP contribution is 2.33. The lowest BCUT2D eigenvalue weighted by molar-refractivity contribution is 0.592. The van der Waals surface area contributed by atoms with E-state index in [4.69, 9.17) is 23.2 Å². The Balaban J connectivity index is 2.31.